The monoisotopic (exact) mass is 489 g/mol. The van der Waals surface area contributed by atoms with Crippen LogP contribution in [0.1, 0.15) is 39.6 Å². The first-order valence-electron chi connectivity index (χ1n) is 11.3. The summed E-state index contributed by atoms with van der Waals surface area (Å²) in [5.41, 5.74) is 3.89. The number of hydrogen-bond donors (Lipinski definition) is 3. The molecule has 0 spiro atoms. The number of H-pyrrole nitrogens is 1. The Balaban J connectivity index is 1.50. The number of phenols is 1. The molecule has 0 bridgehead atoms. The van der Waals surface area contributed by atoms with Crippen LogP contribution < -0.4 is 4.74 Å². The zero-order valence-electron chi connectivity index (χ0n) is 18.8. The summed E-state index contributed by atoms with van der Waals surface area (Å²) in [5.74, 6) is 0.528. The maximum Gasteiger partial charge on any atom is 0.273 e. The van der Waals surface area contributed by atoms with Crippen molar-refractivity contribution in [1.29, 1.82) is 0 Å². The molecule has 8 heteroatoms. The van der Waals surface area contributed by atoms with Crippen molar-refractivity contribution < 1.29 is 19.7 Å². The van der Waals surface area contributed by atoms with E-state index < -0.39 is 6.04 Å². The van der Waals surface area contributed by atoms with Crippen LogP contribution in [0.4, 0.5) is 0 Å². The van der Waals surface area contributed by atoms with Crippen molar-refractivity contribution in [3.05, 3.63) is 100 Å². The molecule has 178 valence electrons. The van der Waals surface area contributed by atoms with E-state index in [9.17, 15) is 15.0 Å². The number of carbonyl (C=O) groups excluding carboxylic acids is 1. The van der Waals surface area contributed by atoms with Crippen LogP contribution in [0.5, 0.6) is 11.5 Å². The van der Waals surface area contributed by atoms with Gasteiger partial charge < -0.3 is 19.8 Å². The summed E-state index contributed by atoms with van der Waals surface area (Å²) in [5, 5.41) is 27.6. The van der Waals surface area contributed by atoms with Crippen molar-refractivity contribution in [2.24, 2.45) is 0 Å². The fourth-order valence-corrected chi connectivity index (χ4v) is 4.58. The standard InChI is InChI=1S/C27H24ClN3O4/c28-19-9-12-22(33)21(15-19)24-23-25(30-29-24)27(34)31(13-4-14-32)26(23)18-7-10-20(11-8-18)35-16-17-5-2-1-3-6-17/h1-3,5-12,15,26,32-33H,4,13-14,16H2,(H,29,30). The number of ether oxygens (including phenoxy) is 1. The Bertz CT molecular complexity index is 1340. The second-order valence-corrected chi connectivity index (χ2v) is 8.78. The van der Waals surface area contributed by atoms with Gasteiger partial charge in [0.2, 0.25) is 0 Å². The molecule has 5 rings (SSSR count). The number of aromatic amines is 1. The quantitative estimate of drug-likeness (QED) is 0.325. The van der Waals surface area contributed by atoms with Crippen LogP contribution in [0.15, 0.2) is 72.8 Å². The highest BCUT2D eigenvalue weighted by Crippen LogP contribution is 2.45. The van der Waals surface area contributed by atoms with E-state index in [0.717, 1.165) is 11.1 Å². The molecular formula is C27H24ClN3O4. The Labute approximate surface area is 207 Å². The van der Waals surface area contributed by atoms with Crippen molar-refractivity contribution >= 4 is 17.5 Å². The molecule has 0 saturated heterocycles. The molecule has 3 aromatic carbocycles. The Morgan fingerprint density at radius 2 is 1.83 bits per heavy atom. The second-order valence-electron chi connectivity index (χ2n) is 8.34. The van der Waals surface area contributed by atoms with Crippen LogP contribution in [0.2, 0.25) is 5.02 Å². The number of phenolic OH excluding ortho intramolecular Hbond substituents is 1. The number of amides is 1. The Kier molecular flexibility index (Phi) is 6.44. The van der Waals surface area contributed by atoms with Gasteiger partial charge in [-0.2, -0.15) is 5.10 Å². The van der Waals surface area contributed by atoms with Gasteiger partial charge in [-0.3, -0.25) is 9.89 Å². The number of nitrogens with one attached hydrogen (secondary N) is 1. The molecule has 1 amide bonds. The predicted octanol–water partition coefficient (Wildman–Crippen LogP) is 4.94. The zero-order chi connectivity index (χ0) is 24.4. The third-order valence-electron chi connectivity index (χ3n) is 6.08. The Hall–Kier alpha value is -3.81. The summed E-state index contributed by atoms with van der Waals surface area (Å²) in [4.78, 5) is 15.0. The highest BCUT2D eigenvalue weighted by Gasteiger charge is 2.42. The van der Waals surface area contributed by atoms with Gasteiger partial charge in [0.25, 0.3) is 5.91 Å². The summed E-state index contributed by atoms with van der Waals surface area (Å²) in [6, 6.07) is 21.8. The molecule has 0 aliphatic carbocycles. The van der Waals surface area contributed by atoms with E-state index in [2.05, 4.69) is 10.2 Å². The van der Waals surface area contributed by atoms with Gasteiger partial charge in [0.1, 0.15) is 29.5 Å². The van der Waals surface area contributed by atoms with E-state index in [-0.39, 0.29) is 18.3 Å². The van der Waals surface area contributed by atoms with Crippen LogP contribution in [-0.2, 0) is 6.61 Å². The maximum atomic E-state index is 13.3. The first-order valence-corrected chi connectivity index (χ1v) is 11.7. The number of aliphatic hydroxyl groups excluding tert-OH is 1. The van der Waals surface area contributed by atoms with Gasteiger partial charge in [0.15, 0.2) is 0 Å². The lowest BCUT2D eigenvalue weighted by atomic mass is 9.95. The van der Waals surface area contributed by atoms with Crippen LogP contribution in [-0.4, -0.2) is 44.4 Å². The third-order valence-corrected chi connectivity index (χ3v) is 6.31. The molecule has 35 heavy (non-hydrogen) atoms. The van der Waals surface area contributed by atoms with Gasteiger partial charge in [-0.1, -0.05) is 54.1 Å². The van der Waals surface area contributed by atoms with E-state index in [1.807, 2.05) is 54.6 Å². The molecule has 7 nitrogen and oxygen atoms in total. The van der Waals surface area contributed by atoms with Gasteiger partial charge in [-0.15, -0.1) is 0 Å². The van der Waals surface area contributed by atoms with Gasteiger partial charge in [0.05, 0.1) is 6.04 Å². The van der Waals surface area contributed by atoms with E-state index in [4.69, 9.17) is 16.3 Å². The van der Waals surface area contributed by atoms with E-state index in [0.29, 0.717) is 52.9 Å². The number of aromatic nitrogens is 2. The zero-order valence-corrected chi connectivity index (χ0v) is 19.6. The van der Waals surface area contributed by atoms with E-state index in [1.165, 1.54) is 6.07 Å². The van der Waals surface area contributed by atoms with E-state index in [1.54, 1.807) is 17.0 Å². The lowest BCUT2D eigenvalue weighted by molar-refractivity contribution is 0.0732. The molecule has 1 aliphatic rings. The van der Waals surface area contributed by atoms with Crippen molar-refractivity contribution in [3.8, 4) is 22.8 Å². The van der Waals surface area contributed by atoms with Gasteiger partial charge in [0, 0.05) is 29.3 Å². The van der Waals surface area contributed by atoms with Crippen molar-refractivity contribution in [2.75, 3.05) is 13.2 Å². The number of fused-ring (bicyclic) bond motifs is 1. The maximum absolute atomic E-state index is 13.3. The van der Waals surface area contributed by atoms with Crippen molar-refractivity contribution in [2.45, 2.75) is 19.1 Å². The average Bonchev–Trinajstić information content (AvgIpc) is 3.42. The number of halogens is 1. The lowest BCUT2D eigenvalue weighted by Crippen LogP contribution is -2.31. The summed E-state index contributed by atoms with van der Waals surface area (Å²) in [6.45, 7) is 0.793. The molecule has 1 aliphatic heterocycles. The minimum absolute atomic E-state index is 0.0216. The first kappa shape index (κ1) is 23.0. The molecule has 1 atom stereocenters. The van der Waals surface area contributed by atoms with Gasteiger partial charge in [-0.05, 0) is 47.9 Å². The largest absolute Gasteiger partial charge is 0.507 e. The minimum atomic E-state index is -0.445. The molecular weight excluding hydrogens is 466 g/mol. The van der Waals surface area contributed by atoms with Gasteiger partial charge in [-0.25, -0.2) is 0 Å². The van der Waals surface area contributed by atoms with E-state index >= 15 is 0 Å². The molecule has 0 fully saturated rings. The number of benzene rings is 3. The fraction of sp³-hybridized carbons (Fsp3) is 0.185. The summed E-state index contributed by atoms with van der Waals surface area (Å²) in [6.07, 6.45) is 0.440. The van der Waals surface area contributed by atoms with Gasteiger partial charge >= 0.3 is 0 Å². The molecule has 1 unspecified atom stereocenters. The van der Waals surface area contributed by atoms with Crippen molar-refractivity contribution in [3.63, 3.8) is 0 Å². The average molecular weight is 490 g/mol. The Morgan fingerprint density at radius 3 is 2.57 bits per heavy atom. The number of aliphatic hydroxyl groups is 1. The predicted molar refractivity (Wildman–Crippen MR) is 132 cm³/mol. The highest BCUT2D eigenvalue weighted by atomic mass is 35.5. The number of rotatable bonds is 8. The molecule has 4 aromatic rings. The normalized spacial score (nSPS) is 14.9. The van der Waals surface area contributed by atoms with Crippen LogP contribution in [0.25, 0.3) is 11.3 Å². The molecule has 2 heterocycles. The highest BCUT2D eigenvalue weighted by molar-refractivity contribution is 6.31. The molecule has 0 radical (unpaired) electrons. The number of carbonyl (C=O) groups is 1. The summed E-state index contributed by atoms with van der Waals surface area (Å²) < 4.78 is 5.92. The number of hydrogen-bond acceptors (Lipinski definition) is 5. The summed E-state index contributed by atoms with van der Waals surface area (Å²) >= 11 is 6.19. The molecule has 3 N–H and O–H groups in total. The third kappa shape index (κ3) is 4.48. The Morgan fingerprint density at radius 1 is 1.06 bits per heavy atom. The van der Waals surface area contributed by atoms with Crippen LogP contribution in [0, 0.1) is 0 Å². The number of nitrogens with zero attached hydrogens (tertiary/aromatic N) is 2. The SMILES string of the molecule is O=C1c2[nH]nc(-c3cc(Cl)ccc3O)c2C(c2ccc(OCc3ccccc3)cc2)N1CCCO. The molecule has 1 aromatic heterocycles. The molecule has 0 saturated carbocycles. The van der Waals surface area contributed by atoms with Crippen LogP contribution >= 0.6 is 11.6 Å². The topological polar surface area (TPSA) is 98.7 Å². The number of aromatic hydroxyl groups is 1. The first-order chi connectivity index (χ1) is 17.1. The summed E-state index contributed by atoms with van der Waals surface area (Å²) in [7, 11) is 0. The second kappa shape index (κ2) is 9.82. The smallest absolute Gasteiger partial charge is 0.273 e. The van der Waals surface area contributed by atoms with Crippen LogP contribution in [0.3, 0.4) is 0 Å². The fourth-order valence-electron chi connectivity index (χ4n) is 4.41. The lowest BCUT2D eigenvalue weighted by Gasteiger charge is -2.26. The minimum Gasteiger partial charge on any atom is -0.507 e. The van der Waals surface area contributed by atoms with Crippen molar-refractivity contribution in [1.82, 2.24) is 15.1 Å².